The highest BCUT2D eigenvalue weighted by Gasteiger charge is 2.45. The molecule has 50 valence electrons. The monoisotopic (exact) mass is 133 g/mol. The quantitative estimate of drug-likeness (QED) is 0.620. The van der Waals surface area contributed by atoms with Crippen LogP contribution in [0.2, 0.25) is 0 Å². The minimum atomic E-state index is -0.174. The van der Waals surface area contributed by atoms with E-state index in [1.807, 2.05) is 0 Å². The number of aromatic nitrogens is 2. The number of nitrogens with zero attached hydrogens (tertiary/aromatic N) is 2. The van der Waals surface area contributed by atoms with Crippen molar-refractivity contribution in [1.29, 1.82) is 5.26 Å². The summed E-state index contributed by atoms with van der Waals surface area (Å²) in [6.07, 6.45) is 5.51. The minimum Gasteiger partial charge on any atom is -0.285 e. The second kappa shape index (κ2) is 1.60. The molecule has 1 fully saturated rings. The van der Waals surface area contributed by atoms with Gasteiger partial charge in [0, 0.05) is 11.8 Å². The van der Waals surface area contributed by atoms with Gasteiger partial charge in [-0.3, -0.25) is 5.10 Å². The molecule has 1 aliphatic rings. The molecule has 1 aromatic rings. The third kappa shape index (κ3) is 0.561. The number of nitrogens with one attached hydrogen (secondary N) is 1. The predicted molar refractivity (Wildman–Crippen MR) is 35.1 cm³/mol. The van der Waals surface area contributed by atoms with Crippen molar-refractivity contribution in [2.45, 2.75) is 18.3 Å². The standard InChI is InChI=1S/C7H7N3/c8-5-7(1-2-7)6-3-9-10-4-6/h3-4H,1-2H2,(H,9,10). The number of nitriles is 1. The molecule has 0 spiro atoms. The van der Waals surface area contributed by atoms with E-state index in [1.54, 1.807) is 12.4 Å². The van der Waals surface area contributed by atoms with Crippen LogP contribution in [0.5, 0.6) is 0 Å². The molecule has 1 N–H and O–H groups in total. The first-order valence-electron chi connectivity index (χ1n) is 3.28. The molecule has 3 heteroatoms. The van der Waals surface area contributed by atoms with Gasteiger partial charge in [0.15, 0.2) is 0 Å². The van der Waals surface area contributed by atoms with Crippen LogP contribution in [0.4, 0.5) is 0 Å². The molecule has 0 aromatic carbocycles. The summed E-state index contributed by atoms with van der Waals surface area (Å²) in [5, 5.41) is 15.2. The molecule has 0 saturated heterocycles. The summed E-state index contributed by atoms with van der Waals surface area (Å²) >= 11 is 0. The van der Waals surface area contributed by atoms with E-state index in [0.717, 1.165) is 18.4 Å². The maximum Gasteiger partial charge on any atom is 0.0854 e. The number of aromatic amines is 1. The molecule has 1 saturated carbocycles. The number of hydrogen-bond donors (Lipinski definition) is 1. The molecule has 0 bridgehead atoms. The molecule has 3 nitrogen and oxygen atoms in total. The molecule has 1 heterocycles. The minimum absolute atomic E-state index is 0.174. The first-order valence-corrected chi connectivity index (χ1v) is 3.28. The lowest BCUT2D eigenvalue weighted by molar-refractivity contribution is 0.910. The van der Waals surface area contributed by atoms with Gasteiger partial charge in [-0.15, -0.1) is 0 Å². The van der Waals surface area contributed by atoms with E-state index in [4.69, 9.17) is 5.26 Å². The van der Waals surface area contributed by atoms with Gasteiger partial charge < -0.3 is 0 Å². The van der Waals surface area contributed by atoms with Crippen LogP contribution in [0.15, 0.2) is 12.4 Å². The summed E-state index contributed by atoms with van der Waals surface area (Å²) in [6, 6.07) is 2.29. The van der Waals surface area contributed by atoms with Gasteiger partial charge in [-0.1, -0.05) is 0 Å². The Hall–Kier alpha value is -1.30. The lowest BCUT2D eigenvalue weighted by Crippen LogP contribution is -1.99. The van der Waals surface area contributed by atoms with E-state index in [1.165, 1.54) is 0 Å². The molecule has 2 rings (SSSR count). The SMILES string of the molecule is N#CC1(c2cn[nH]c2)CC1. The lowest BCUT2D eigenvalue weighted by Gasteiger charge is -1.96. The molecular weight excluding hydrogens is 126 g/mol. The lowest BCUT2D eigenvalue weighted by atomic mass is 10.0. The Morgan fingerprint density at radius 1 is 1.70 bits per heavy atom. The zero-order valence-electron chi connectivity index (χ0n) is 5.46. The van der Waals surface area contributed by atoms with Gasteiger partial charge in [-0.05, 0) is 12.8 Å². The van der Waals surface area contributed by atoms with E-state index in [9.17, 15) is 0 Å². The maximum atomic E-state index is 8.74. The fourth-order valence-electron chi connectivity index (χ4n) is 1.10. The van der Waals surface area contributed by atoms with Crippen LogP contribution in [0, 0.1) is 11.3 Å². The molecule has 10 heavy (non-hydrogen) atoms. The smallest absolute Gasteiger partial charge is 0.0854 e. The highest BCUT2D eigenvalue weighted by atomic mass is 15.1. The second-order valence-corrected chi connectivity index (χ2v) is 2.68. The molecular formula is C7H7N3. The zero-order valence-corrected chi connectivity index (χ0v) is 5.46. The fourth-order valence-corrected chi connectivity index (χ4v) is 1.10. The van der Waals surface area contributed by atoms with Gasteiger partial charge in [0.25, 0.3) is 0 Å². The van der Waals surface area contributed by atoms with Gasteiger partial charge in [0.05, 0.1) is 17.7 Å². The highest BCUT2D eigenvalue weighted by molar-refractivity contribution is 5.35. The Morgan fingerprint density at radius 2 is 2.50 bits per heavy atom. The zero-order chi connectivity index (χ0) is 7.03. The highest BCUT2D eigenvalue weighted by Crippen LogP contribution is 2.46. The van der Waals surface area contributed by atoms with Crippen molar-refractivity contribution in [3.63, 3.8) is 0 Å². The Balaban J connectivity index is 2.38. The van der Waals surface area contributed by atoms with Crippen LogP contribution in [-0.2, 0) is 5.41 Å². The first kappa shape index (κ1) is 5.48. The van der Waals surface area contributed by atoms with Crippen molar-refractivity contribution in [2.24, 2.45) is 0 Å². The Morgan fingerprint density at radius 3 is 2.90 bits per heavy atom. The molecule has 0 unspecified atom stereocenters. The number of rotatable bonds is 1. The van der Waals surface area contributed by atoms with Crippen LogP contribution in [0.3, 0.4) is 0 Å². The van der Waals surface area contributed by atoms with Crippen molar-refractivity contribution >= 4 is 0 Å². The molecule has 0 amide bonds. The average Bonchev–Trinajstić information content (AvgIpc) is 2.58. The summed E-state index contributed by atoms with van der Waals surface area (Å²) in [7, 11) is 0. The van der Waals surface area contributed by atoms with Crippen molar-refractivity contribution in [3.8, 4) is 6.07 Å². The maximum absolute atomic E-state index is 8.74. The third-order valence-corrected chi connectivity index (χ3v) is 2.01. The van der Waals surface area contributed by atoms with Crippen LogP contribution in [-0.4, -0.2) is 10.2 Å². The van der Waals surface area contributed by atoms with Crippen LogP contribution in [0.25, 0.3) is 0 Å². The summed E-state index contributed by atoms with van der Waals surface area (Å²) in [6.45, 7) is 0. The van der Waals surface area contributed by atoms with Crippen molar-refractivity contribution in [1.82, 2.24) is 10.2 Å². The van der Waals surface area contributed by atoms with E-state index in [2.05, 4.69) is 16.3 Å². The van der Waals surface area contributed by atoms with E-state index < -0.39 is 0 Å². The largest absolute Gasteiger partial charge is 0.285 e. The summed E-state index contributed by atoms with van der Waals surface area (Å²) in [4.78, 5) is 0. The Bertz CT molecular complexity index is 264. The average molecular weight is 133 g/mol. The van der Waals surface area contributed by atoms with Gasteiger partial charge >= 0.3 is 0 Å². The Labute approximate surface area is 58.7 Å². The predicted octanol–water partition coefficient (Wildman–Crippen LogP) is 0.965. The summed E-state index contributed by atoms with van der Waals surface area (Å²) in [5.74, 6) is 0. The number of H-pyrrole nitrogens is 1. The van der Waals surface area contributed by atoms with Gasteiger partial charge in [0.2, 0.25) is 0 Å². The Kier molecular flexibility index (Phi) is 0.877. The van der Waals surface area contributed by atoms with E-state index >= 15 is 0 Å². The van der Waals surface area contributed by atoms with Crippen LogP contribution < -0.4 is 0 Å². The van der Waals surface area contributed by atoms with Gasteiger partial charge in [0.1, 0.15) is 0 Å². The van der Waals surface area contributed by atoms with Crippen molar-refractivity contribution < 1.29 is 0 Å². The first-order chi connectivity index (χ1) is 4.87. The molecule has 0 aliphatic heterocycles. The van der Waals surface area contributed by atoms with E-state index in [0.29, 0.717) is 0 Å². The summed E-state index contributed by atoms with van der Waals surface area (Å²) in [5.41, 5.74) is 0.863. The van der Waals surface area contributed by atoms with Crippen molar-refractivity contribution in [3.05, 3.63) is 18.0 Å². The molecule has 0 atom stereocenters. The van der Waals surface area contributed by atoms with Crippen LogP contribution >= 0.6 is 0 Å². The fraction of sp³-hybridized carbons (Fsp3) is 0.429. The second-order valence-electron chi connectivity index (χ2n) is 2.68. The molecule has 1 aliphatic carbocycles. The van der Waals surface area contributed by atoms with Crippen LogP contribution in [0.1, 0.15) is 18.4 Å². The molecule has 0 radical (unpaired) electrons. The van der Waals surface area contributed by atoms with Gasteiger partial charge in [-0.25, -0.2) is 0 Å². The summed E-state index contributed by atoms with van der Waals surface area (Å²) < 4.78 is 0. The van der Waals surface area contributed by atoms with Gasteiger partial charge in [-0.2, -0.15) is 10.4 Å². The number of hydrogen-bond acceptors (Lipinski definition) is 2. The van der Waals surface area contributed by atoms with E-state index in [-0.39, 0.29) is 5.41 Å². The normalized spacial score (nSPS) is 19.9. The van der Waals surface area contributed by atoms with Crippen molar-refractivity contribution in [2.75, 3.05) is 0 Å². The molecule has 1 aromatic heterocycles. The topological polar surface area (TPSA) is 52.5 Å². The third-order valence-electron chi connectivity index (χ3n) is 2.01.